The van der Waals surface area contributed by atoms with Gasteiger partial charge in [0.1, 0.15) is 6.04 Å². The van der Waals surface area contributed by atoms with E-state index in [-0.39, 0.29) is 27.9 Å². The zero-order chi connectivity index (χ0) is 13.8. The van der Waals surface area contributed by atoms with E-state index < -0.39 is 6.04 Å². The molecule has 0 spiro atoms. The molecule has 104 valence electrons. The van der Waals surface area contributed by atoms with Gasteiger partial charge in [-0.15, -0.1) is 10.2 Å². The number of rotatable bonds is 3. The minimum Gasteiger partial charge on any atom is -0.377 e. The molecule has 1 fully saturated rings. The molecule has 7 nitrogen and oxygen atoms in total. The van der Waals surface area contributed by atoms with E-state index in [2.05, 4.69) is 15.5 Å². The molecule has 0 aromatic carbocycles. The fourth-order valence-electron chi connectivity index (χ4n) is 1.77. The van der Waals surface area contributed by atoms with Gasteiger partial charge in [-0.05, 0) is 18.5 Å². The van der Waals surface area contributed by atoms with Crippen LogP contribution in [0, 0.1) is 0 Å². The summed E-state index contributed by atoms with van der Waals surface area (Å²) in [6.07, 6.45) is 0. The van der Waals surface area contributed by atoms with Crippen molar-refractivity contribution in [2.75, 3.05) is 26.3 Å². The van der Waals surface area contributed by atoms with Gasteiger partial charge in [-0.3, -0.25) is 9.59 Å². The molecular formula is C10H13ClN4O3S. The van der Waals surface area contributed by atoms with Crippen LogP contribution in [0.3, 0.4) is 0 Å². The molecule has 1 unspecified atom stereocenters. The normalized spacial score (nSPS) is 19.3. The van der Waals surface area contributed by atoms with Crippen LogP contribution >= 0.6 is 22.9 Å². The van der Waals surface area contributed by atoms with Crippen LogP contribution in [0.25, 0.3) is 0 Å². The predicted molar refractivity (Wildman–Crippen MR) is 69.2 cm³/mol. The van der Waals surface area contributed by atoms with E-state index >= 15 is 0 Å². The number of amides is 2. The Morgan fingerprint density at radius 1 is 1.58 bits per heavy atom. The molecule has 1 aromatic rings. The molecule has 0 saturated carbocycles. The second-order valence-corrected chi connectivity index (χ2v) is 5.40. The highest BCUT2D eigenvalue weighted by Crippen LogP contribution is 2.19. The second-order valence-electron chi connectivity index (χ2n) is 3.84. The first kappa shape index (κ1) is 14.2. The van der Waals surface area contributed by atoms with Crippen LogP contribution in [0.2, 0.25) is 4.47 Å². The molecule has 2 rings (SSSR count). The fraction of sp³-hybridized carbons (Fsp3) is 0.600. The molecule has 1 atom stereocenters. The number of aromatic nitrogens is 2. The summed E-state index contributed by atoms with van der Waals surface area (Å²) in [4.78, 5) is 25.6. The monoisotopic (exact) mass is 304 g/mol. The quantitative estimate of drug-likeness (QED) is 0.860. The van der Waals surface area contributed by atoms with Crippen molar-refractivity contribution in [2.24, 2.45) is 0 Å². The standard InChI is InChI=1S/C10H13ClN4O3S/c1-2-12-7(16)6-5-18-4-3-15(6)9(17)8-13-14-10(11)19-8/h6H,2-5H2,1H3,(H,12,16). The number of morpholine rings is 1. The molecule has 1 aliphatic heterocycles. The summed E-state index contributed by atoms with van der Waals surface area (Å²) in [5.74, 6) is -0.574. The zero-order valence-electron chi connectivity index (χ0n) is 10.3. The summed E-state index contributed by atoms with van der Waals surface area (Å²) >= 11 is 6.66. The summed E-state index contributed by atoms with van der Waals surface area (Å²) in [5, 5.41) is 10.2. The first-order valence-corrected chi connectivity index (χ1v) is 6.98. The van der Waals surface area contributed by atoms with Gasteiger partial charge in [0.2, 0.25) is 15.4 Å². The van der Waals surface area contributed by atoms with Crippen molar-refractivity contribution < 1.29 is 14.3 Å². The van der Waals surface area contributed by atoms with Gasteiger partial charge < -0.3 is 15.0 Å². The van der Waals surface area contributed by atoms with Crippen LogP contribution in [0.1, 0.15) is 16.7 Å². The van der Waals surface area contributed by atoms with Gasteiger partial charge in [0.05, 0.1) is 13.2 Å². The van der Waals surface area contributed by atoms with Gasteiger partial charge in [-0.2, -0.15) is 0 Å². The van der Waals surface area contributed by atoms with Crippen molar-refractivity contribution in [2.45, 2.75) is 13.0 Å². The Morgan fingerprint density at radius 2 is 2.37 bits per heavy atom. The Morgan fingerprint density at radius 3 is 3.00 bits per heavy atom. The molecule has 1 saturated heterocycles. The molecule has 1 aliphatic rings. The number of carbonyl (C=O) groups excluding carboxylic acids is 2. The molecule has 1 N–H and O–H groups in total. The van der Waals surface area contributed by atoms with Crippen LogP contribution in [-0.2, 0) is 9.53 Å². The number of halogens is 1. The largest absolute Gasteiger partial charge is 0.377 e. The summed E-state index contributed by atoms with van der Waals surface area (Å²) in [5.41, 5.74) is 0. The highest BCUT2D eigenvalue weighted by Gasteiger charge is 2.34. The van der Waals surface area contributed by atoms with Gasteiger partial charge in [0.15, 0.2) is 0 Å². The number of ether oxygens (including phenoxy) is 1. The number of carbonyl (C=O) groups is 2. The maximum atomic E-state index is 12.3. The molecule has 2 heterocycles. The highest BCUT2D eigenvalue weighted by atomic mass is 35.5. The van der Waals surface area contributed by atoms with Crippen molar-refractivity contribution in [3.05, 3.63) is 9.47 Å². The average Bonchev–Trinajstić information content (AvgIpc) is 2.85. The minimum absolute atomic E-state index is 0.182. The lowest BCUT2D eigenvalue weighted by molar-refractivity contribution is -0.130. The van der Waals surface area contributed by atoms with Gasteiger partial charge in [0, 0.05) is 13.1 Å². The molecule has 0 aliphatic carbocycles. The number of hydrogen-bond donors (Lipinski definition) is 1. The molecule has 0 bridgehead atoms. The summed E-state index contributed by atoms with van der Waals surface area (Å²) in [6, 6.07) is -0.635. The third-order valence-corrected chi connectivity index (χ3v) is 3.63. The number of hydrogen-bond acceptors (Lipinski definition) is 6. The average molecular weight is 305 g/mol. The van der Waals surface area contributed by atoms with Crippen LogP contribution in [0.15, 0.2) is 0 Å². The molecule has 9 heteroatoms. The van der Waals surface area contributed by atoms with E-state index in [0.29, 0.717) is 19.7 Å². The maximum Gasteiger partial charge on any atom is 0.285 e. The van der Waals surface area contributed by atoms with E-state index in [9.17, 15) is 9.59 Å². The smallest absolute Gasteiger partial charge is 0.285 e. The summed E-state index contributed by atoms with van der Waals surface area (Å²) in [6.45, 7) is 3.25. The number of nitrogens with one attached hydrogen (secondary N) is 1. The van der Waals surface area contributed by atoms with Crippen molar-refractivity contribution in [1.82, 2.24) is 20.4 Å². The summed E-state index contributed by atoms with van der Waals surface area (Å²) in [7, 11) is 0. The fourth-order valence-corrected chi connectivity index (χ4v) is 2.56. The lowest BCUT2D eigenvalue weighted by atomic mass is 10.2. The minimum atomic E-state index is -0.635. The lowest BCUT2D eigenvalue weighted by Crippen LogP contribution is -2.55. The van der Waals surface area contributed by atoms with Gasteiger partial charge >= 0.3 is 0 Å². The third kappa shape index (κ3) is 3.20. The lowest BCUT2D eigenvalue weighted by Gasteiger charge is -2.33. The van der Waals surface area contributed by atoms with Crippen LogP contribution < -0.4 is 5.32 Å². The van der Waals surface area contributed by atoms with Crippen LogP contribution in [0.4, 0.5) is 0 Å². The topological polar surface area (TPSA) is 84.4 Å². The number of likely N-dealkylation sites (N-methyl/N-ethyl adjacent to an activating group) is 1. The Balaban J connectivity index is 2.15. The van der Waals surface area contributed by atoms with Gasteiger partial charge in [-0.25, -0.2) is 0 Å². The van der Waals surface area contributed by atoms with Crippen molar-refractivity contribution in [3.63, 3.8) is 0 Å². The first-order chi connectivity index (χ1) is 9.13. The highest BCUT2D eigenvalue weighted by molar-refractivity contribution is 7.17. The van der Waals surface area contributed by atoms with Crippen molar-refractivity contribution >= 4 is 34.8 Å². The van der Waals surface area contributed by atoms with Crippen LogP contribution in [-0.4, -0.2) is 59.3 Å². The first-order valence-electron chi connectivity index (χ1n) is 5.79. The van der Waals surface area contributed by atoms with Crippen molar-refractivity contribution in [1.29, 1.82) is 0 Å². The van der Waals surface area contributed by atoms with Gasteiger partial charge in [0.25, 0.3) is 5.91 Å². The van der Waals surface area contributed by atoms with E-state index in [1.54, 1.807) is 0 Å². The molecular weight excluding hydrogens is 292 g/mol. The van der Waals surface area contributed by atoms with E-state index in [4.69, 9.17) is 16.3 Å². The SMILES string of the molecule is CCNC(=O)C1COCCN1C(=O)c1nnc(Cl)s1. The van der Waals surface area contributed by atoms with E-state index in [1.807, 2.05) is 6.92 Å². The molecule has 19 heavy (non-hydrogen) atoms. The Labute approximate surface area is 118 Å². The predicted octanol–water partition coefficient (Wildman–Crippen LogP) is 0.169. The zero-order valence-corrected chi connectivity index (χ0v) is 11.8. The maximum absolute atomic E-state index is 12.3. The molecule has 0 radical (unpaired) electrons. The van der Waals surface area contributed by atoms with Gasteiger partial charge in [-0.1, -0.05) is 11.3 Å². The van der Waals surface area contributed by atoms with E-state index in [1.165, 1.54) is 4.90 Å². The summed E-state index contributed by atoms with van der Waals surface area (Å²) < 4.78 is 5.46. The Hall–Kier alpha value is -1.25. The molecule has 1 aromatic heterocycles. The Kier molecular flexibility index (Phi) is 4.67. The van der Waals surface area contributed by atoms with Crippen LogP contribution in [0.5, 0.6) is 0 Å². The second kappa shape index (κ2) is 6.27. The number of nitrogens with zero attached hydrogens (tertiary/aromatic N) is 3. The Bertz CT molecular complexity index is 481. The third-order valence-electron chi connectivity index (χ3n) is 2.63. The molecule has 2 amide bonds. The van der Waals surface area contributed by atoms with E-state index in [0.717, 1.165) is 11.3 Å². The van der Waals surface area contributed by atoms with Crippen molar-refractivity contribution in [3.8, 4) is 0 Å².